The van der Waals surface area contributed by atoms with E-state index in [2.05, 4.69) is 61.5 Å². The van der Waals surface area contributed by atoms with Crippen molar-refractivity contribution in [3.63, 3.8) is 0 Å². The van der Waals surface area contributed by atoms with E-state index >= 15 is 0 Å². The Morgan fingerprint density at radius 2 is 1.59 bits per heavy atom. The van der Waals surface area contributed by atoms with Crippen molar-refractivity contribution in [1.29, 1.82) is 0 Å². The fourth-order valence-corrected chi connectivity index (χ4v) is 15.4. The lowest BCUT2D eigenvalue weighted by molar-refractivity contribution is -0.216. The van der Waals surface area contributed by atoms with Crippen LogP contribution >= 0.6 is 0 Å². The minimum absolute atomic E-state index is 0.0187. The van der Waals surface area contributed by atoms with Crippen molar-refractivity contribution in [1.82, 2.24) is 4.31 Å². The number of nitrogens with zero attached hydrogens (tertiary/aromatic N) is 1. The summed E-state index contributed by atoms with van der Waals surface area (Å²) < 4.78 is 56.2. The molecule has 0 amide bonds. The predicted molar refractivity (Wildman–Crippen MR) is 236 cm³/mol. The van der Waals surface area contributed by atoms with E-state index in [0.29, 0.717) is 54.3 Å². The van der Waals surface area contributed by atoms with Gasteiger partial charge in [-0.05, 0) is 123 Å². The monoisotopic (exact) mass is 840 g/mol. The minimum atomic E-state index is -3.75. The van der Waals surface area contributed by atoms with Crippen LogP contribution in [0.5, 0.6) is 0 Å². The molecule has 0 radical (unpaired) electrons. The molecule has 0 bridgehead atoms. The van der Waals surface area contributed by atoms with Crippen LogP contribution in [-0.2, 0) is 33.8 Å². The van der Waals surface area contributed by atoms with Gasteiger partial charge in [-0.3, -0.25) is 4.79 Å². The molecule has 4 saturated carbocycles. The molecule has 0 spiro atoms. The van der Waals surface area contributed by atoms with E-state index in [1.165, 1.54) is 0 Å². The quantitative estimate of drug-likeness (QED) is 0.0987. The number of sulfonamides is 1. The van der Waals surface area contributed by atoms with Crippen LogP contribution in [0.1, 0.15) is 144 Å². The SMILES string of the molecule is CCCCOC(=O)[C@@H]1[C@@](C)([C@H](C)C(C)C)CC[C@]2(C)[C@H]3CC[C@@H]4C(C[C@@H](OC)[C@H](OCC5(N(C)S(=O)(=O)c6ccc(C)cc6)CCCCC5)C4(C)COC)C3=CC[C@@]12C. The number of unbranched alkanes of at least 4 members (excludes halogenated alkanes) is 1. The highest BCUT2D eigenvalue weighted by Crippen LogP contribution is 2.72. The number of aryl methyl sites for hydroxylation is 1. The number of esters is 1. The van der Waals surface area contributed by atoms with Gasteiger partial charge in [-0.1, -0.05) is 110 Å². The van der Waals surface area contributed by atoms with E-state index in [1.54, 1.807) is 36.2 Å². The van der Waals surface area contributed by atoms with Gasteiger partial charge in [-0.25, -0.2) is 8.42 Å². The Morgan fingerprint density at radius 1 is 0.915 bits per heavy atom. The molecule has 8 nitrogen and oxygen atoms in total. The van der Waals surface area contributed by atoms with E-state index in [0.717, 1.165) is 89.0 Å². The minimum Gasteiger partial charge on any atom is -0.465 e. The highest BCUT2D eigenvalue weighted by molar-refractivity contribution is 7.89. The van der Waals surface area contributed by atoms with Crippen LogP contribution in [-0.4, -0.2) is 77.5 Å². The zero-order valence-electron chi connectivity index (χ0n) is 39.0. The summed E-state index contributed by atoms with van der Waals surface area (Å²) in [5.41, 5.74) is 1.15. The normalized spacial score (nSPS) is 37.6. The van der Waals surface area contributed by atoms with Crippen LogP contribution in [0.2, 0.25) is 0 Å². The van der Waals surface area contributed by atoms with Gasteiger partial charge in [0.05, 0.1) is 48.4 Å². The number of carbonyl (C=O) groups is 1. The lowest BCUT2D eigenvalue weighted by Crippen LogP contribution is -2.65. The second kappa shape index (κ2) is 17.8. The van der Waals surface area contributed by atoms with E-state index in [9.17, 15) is 13.2 Å². The second-order valence-corrected chi connectivity index (χ2v) is 23.3. The molecule has 1 aromatic rings. The third-order valence-corrected chi connectivity index (χ3v) is 20.1. The summed E-state index contributed by atoms with van der Waals surface area (Å²) in [4.78, 5) is 14.9. The first-order valence-electron chi connectivity index (χ1n) is 23.4. The topological polar surface area (TPSA) is 91.4 Å². The average Bonchev–Trinajstić information content (AvgIpc) is 3.20. The molecule has 4 fully saturated rings. The Bertz CT molecular complexity index is 1750. The summed E-state index contributed by atoms with van der Waals surface area (Å²) in [5.74, 6) is 1.70. The summed E-state index contributed by atoms with van der Waals surface area (Å²) >= 11 is 0. The van der Waals surface area contributed by atoms with Crippen LogP contribution in [0, 0.1) is 64.1 Å². The number of benzene rings is 1. The highest BCUT2D eigenvalue weighted by Gasteiger charge is 2.68. The third-order valence-electron chi connectivity index (χ3n) is 18.2. The van der Waals surface area contributed by atoms with Crippen LogP contribution in [0.3, 0.4) is 0 Å². The second-order valence-electron chi connectivity index (χ2n) is 21.3. The lowest BCUT2D eigenvalue weighted by Gasteiger charge is -2.68. The number of likely N-dealkylation sites (N-methyl/N-ethyl adjacent to an activating group) is 1. The third kappa shape index (κ3) is 7.95. The van der Waals surface area contributed by atoms with Crippen LogP contribution < -0.4 is 0 Å². The van der Waals surface area contributed by atoms with Crippen molar-refractivity contribution in [2.45, 2.75) is 168 Å². The van der Waals surface area contributed by atoms with Gasteiger partial charge in [0, 0.05) is 26.7 Å². The van der Waals surface area contributed by atoms with Gasteiger partial charge < -0.3 is 18.9 Å². The summed E-state index contributed by atoms with van der Waals surface area (Å²) in [5, 5.41) is 0. The van der Waals surface area contributed by atoms with Crippen LogP contribution in [0.25, 0.3) is 0 Å². The maximum atomic E-state index is 14.5. The zero-order chi connectivity index (χ0) is 43.2. The molecular weight excluding hydrogens is 759 g/mol. The maximum Gasteiger partial charge on any atom is 0.310 e. The number of methoxy groups -OCH3 is 2. The summed E-state index contributed by atoms with van der Waals surface area (Å²) in [7, 11) is 1.63. The molecule has 5 aliphatic rings. The molecule has 0 aliphatic heterocycles. The fraction of sp³-hybridized carbons (Fsp3) is 0.820. The number of hydrogen-bond donors (Lipinski definition) is 0. The van der Waals surface area contributed by atoms with Crippen molar-refractivity contribution in [3.05, 3.63) is 41.5 Å². The van der Waals surface area contributed by atoms with E-state index in [1.807, 2.05) is 26.2 Å². The standard InChI is InChI=1S/C50H81NO7S/c1-13-14-30-57-45(52)43-46(6,36(5)34(2)3)28-29-48(8)41-23-22-40-39(38(41)24-27-49(43,48)9)31-42(56-12)44(47(40,7)32-55-11)58-33-50(25-16-15-17-26-50)51(10)59(53,54)37-20-18-35(4)19-21-37/h18-21,24,34,36,39-44H,13-17,22-23,25-33H2,1-12H3/t36-,39?,40-,41+,42-,43-,44+,46-,47?,48-,49+/m1/s1. The maximum absolute atomic E-state index is 14.5. The average molecular weight is 840 g/mol. The Balaban J connectivity index is 1.32. The Morgan fingerprint density at radius 3 is 2.20 bits per heavy atom. The number of fused-ring (bicyclic) bond motifs is 5. The van der Waals surface area contributed by atoms with E-state index in [-0.39, 0.29) is 45.8 Å². The summed E-state index contributed by atoms with van der Waals surface area (Å²) in [6, 6.07) is 7.21. The molecule has 6 rings (SSSR count). The molecule has 11 atom stereocenters. The molecule has 0 N–H and O–H groups in total. The van der Waals surface area contributed by atoms with Gasteiger partial charge in [0.2, 0.25) is 10.0 Å². The lowest BCUT2D eigenvalue weighted by atomic mass is 9.36. The molecule has 334 valence electrons. The van der Waals surface area contributed by atoms with E-state index in [4.69, 9.17) is 18.9 Å². The number of ether oxygens (including phenoxy) is 4. The van der Waals surface area contributed by atoms with Crippen molar-refractivity contribution < 1.29 is 32.2 Å². The highest BCUT2D eigenvalue weighted by atomic mass is 32.2. The summed E-state index contributed by atoms with van der Waals surface area (Å²) in [6.07, 6.45) is 14.6. The number of allylic oxidation sites excluding steroid dienone is 2. The molecule has 9 heteroatoms. The Kier molecular flexibility index (Phi) is 14.1. The first kappa shape index (κ1) is 46.7. The summed E-state index contributed by atoms with van der Waals surface area (Å²) in [6.45, 7) is 22.2. The predicted octanol–water partition coefficient (Wildman–Crippen LogP) is 10.8. The smallest absolute Gasteiger partial charge is 0.310 e. The van der Waals surface area contributed by atoms with Crippen molar-refractivity contribution in [2.24, 2.45) is 57.2 Å². The molecule has 2 unspecified atom stereocenters. The fourth-order valence-electron chi connectivity index (χ4n) is 13.9. The Labute approximate surface area is 359 Å². The van der Waals surface area contributed by atoms with Crippen molar-refractivity contribution >= 4 is 16.0 Å². The van der Waals surface area contributed by atoms with Crippen LogP contribution in [0.4, 0.5) is 0 Å². The first-order chi connectivity index (χ1) is 27.8. The van der Waals surface area contributed by atoms with Gasteiger partial charge in [0.1, 0.15) is 0 Å². The number of hydrogen-bond acceptors (Lipinski definition) is 7. The largest absolute Gasteiger partial charge is 0.465 e. The first-order valence-corrected chi connectivity index (χ1v) is 24.8. The van der Waals surface area contributed by atoms with Gasteiger partial charge in [0.15, 0.2) is 0 Å². The van der Waals surface area contributed by atoms with Gasteiger partial charge >= 0.3 is 5.97 Å². The van der Waals surface area contributed by atoms with Crippen LogP contribution in [0.15, 0.2) is 40.8 Å². The molecule has 5 aliphatic carbocycles. The zero-order valence-corrected chi connectivity index (χ0v) is 39.8. The van der Waals surface area contributed by atoms with Gasteiger partial charge in [0.25, 0.3) is 0 Å². The van der Waals surface area contributed by atoms with Gasteiger partial charge in [-0.2, -0.15) is 4.31 Å². The number of carbonyl (C=O) groups excluding carboxylic acids is 1. The molecule has 0 aromatic heterocycles. The molecular formula is C50H81NO7S. The Hall–Kier alpha value is -1.78. The van der Waals surface area contributed by atoms with Crippen molar-refractivity contribution in [2.75, 3.05) is 41.1 Å². The molecule has 0 saturated heterocycles. The van der Waals surface area contributed by atoms with Crippen molar-refractivity contribution in [3.8, 4) is 0 Å². The molecule has 0 heterocycles. The van der Waals surface area contributed by atoms with E-state index < -0.39 is 15.6 Å². The number of rotatable bonds is 15. The van der Waals surface area contributed by atoms with Gasteiger partial charge in [-0.15, -0.1) is 0 Å². The molecule has 59 heavy (non-hydrogen) atoms. The molecule has 1 aromatic carbocycles.